The van der Waals surface area contributed by atoms with E-state index >= 15 is 0 Å². The third-order valence-electron chi connectivity index (χ3n) is 5.18. The van der Waals surface area contributed by atoms with E-state index in [1.807, 2.05) is 18.5 Å². The summed E-state index contributed by atoms with van der Waals surface area (Å²) in [5.41, 5.74) is 7.68. The van der Waals surface area contributed by atoms with Gasteiger partial charge >= 0.3 is 0 Å². The average molecular weight is 302 g/mol. The summed E-state index contributed by atoms with van der Waals surface area (Å²) in [6, 6.07) is 4.22. The summed E-state index contributed by atoms with van der Waals surface area (Å²) in [5, 5.41) is 5.01. The minimum Gasteiger partial charge on any atom is -0.315 e. The molecule has 22 heavy (non-hydrogen) atoms. The zero-order chi connectivity index (χ0) is 15.2. The number of nitrogens with zero attached hydrogens (tertiary/aromatic N) is 3. The third kappa shape index (κ3) is 4.28. The molecule has 2 N–H and O–H groups in total. The van der Waals surface area contributed by atoms with Crippen LogP contribution in [-0.2, 0) is 6.42 Å². The average Bonchev–Trinajstić information content (AvgIpc) is 2.57. The van der Waals surface area contributed by atoms with Gasteiger partial charge in [-0.1, -0.05) is 6.07 Å². The second-order valence-corrected chi connectivity index (χ2v) is 6.90. The predicted molar refractivity (Wildman–Crippen MR) is 90.0 cm³/mol. The fourth-order valence-electron chi connectivity index (χ4n) is 3.95. The van der Waals surface area contributed by atoms with Crippen molar-refractivity contribution in [2.24, 2.45) is 11.7 Å². The summed E-state index contributed by atoms with van der Waals surface area (Å²) >= 11 is 0. The predicted octanol–water partition coefficient (Wildman–Crippen LogP) is 2.80. The molecule has 2 unspecified atom stereocenters. The molecule has 3 heterocycles. The first-order valence-corrected chi connectivity index (χ1v) is 8.99. The monoisotopic (exact) mass is 302 g/mol. The molecule has 0 saturated carbocycles. The molecule has 2 fully saturated rings. The van der Waals surface area contributed by atoms with Crippen molar-refractivity contribution in [1.82, 2.24) is 15.0 Å². The summed E-state index contributed by atoms with van der Waals surface area (Å²) in [5.74, 6) is 0.833. The maximum atomic E-state index is 6.31. The van der Waals surface area contributed by atoms with E-state index in [-0.39, 0.29) is 6.17 Å². The molecule has 1 aromatic rings. The van der Waals surface area contributed by atoms with Crippen molar-refractivity contribution in [3.8, 4) is 0 Å². The Morgan fingerprint density at radius 3 is 2.95 bits per heavy atom. The second-order valence-electron chi connectivity index (χ2n) is 6.90. The Morgan fingerprint density at radius 1 is 1.18 bits per heavy atom. The SMILES string of the molecule is NC1CCCCN1N1CCCC(CCCc2cccnc2)C1. The first-order valence-electron chi connectivity index (χ1n) is 8.99. The van der Waals surface area contributed by atoms with E-state index in [1.54, 1.807) is 0 Å². The van der Waals surface area contributed by atoms with E-state index in [0.29, 0.717) is 0 Å². The van der Waals surface area contributed by atoms with Crippen LogP contribution in [0.15, 0.2) is 24.5 Å². The molecular formula is C18H30N4. The molecule has 0 radical (unpaired) electrons. The summed E-state index contributed by atoms with van der Waals surface area (Å²) in [6.07, 6.45) is 14.3. The van der Waals surface area contributed by atoms with Gasteiger partial charge in [-0.3, -0.25) is 4.98 Å². The van der Waals surface area contributed by atoms with E-state index in [0.717, 1.165) is 25.3 Å². The topological polar surface area (TPSA) is 45.4 Å². The van der Waals surface area contributed by atoms with Gasteiger partial charge < -0.3 is 5.73 Å². The fourth-order valence-corrected chi connectivity index (χ4v) is 3.95. The number of aromatic nitrogens is 1. The molecular weight excluding hydrogens is 272 g/mol. The van der Waals surface area contributed by atoms with Crippen LogP contribution in [0.1, 0.15) is 50.5 Å². The largest absolute Gasteiger partial charge is 0.315 e. The number of pyridine rings is 1. The fraction of sp³-hybridized carbons (Fsp3) is 0.722. The highest BCUT2D eigenvalue weighted by Crippen LogP contribution is 2.25. The van der Waals surface area contributed by atoms with Crippen LogP contribution in [0, 0.1) is 5.92 Å². The van der Waals surface area contributed by atoms with Crippen molar-refractivity contribution in [2.75, 3.05) is 19.6 Å². The van der Waals surface area contributed by atoms with Crippen molar-refractivity contribution < 1.29 is 0 Å². The van der Waals surface area contributed by atoms with Crippen molar-refractivity contribution in [3.05, 3.63) is 30.1 Å². The number of rotatable bonds is 5. The molecule has 2 atom stereocenters. The number of hydrogen-bond donors (Lipinski definition) is 1. The maximum Gasteiger partial charge on any atom is 0.0710 e. The highest BCUT2D eigenvalue weighted by Gasteiger charge is 2.28. The van der Waals surface area contributed by atoms with Crippen molar-refractivity contribution in [3.63, 3.8) is 0 Å². The van der Waals surface area contributed by atoms with E-state index in [4.69, 9.17) is 5.73 Å². The molecule has 2 aliphatic rings. The van der Waals surface area contributed by atoms with Crippen LogP contribution in [0.25, 0.3) is 0 Å². The molecule has 0 aromatic carbocycles. The van der Waals surface area contributed by atoms with Gasteiger partial charge in [0.15, 0.2) is 0 Å². The van der Waals surface area contributed by atoms with E-state index < -0.39 is 0 Å². The van der Waals surface area contributed by atoms with Crippen molar-refractivity contribution in [1.29, 1.82) is 0 Å². The van der Waals surface area contributed by atoms with Crippen LogP contribution in [0.4, 0.5) is 0 Å². The summed E-state index contributed by atoms with van der Waals surface area (Å²) in [4.78, 5) is 4.20. The normalized spacial score (nSPS) is 27.9. The molecule has 3 rings (SSSR count). The highest BCUT2D eigenvalue weighted by molar-refractivity contribution is 5.08. The molecule has 0 spiro atoms. The Morgan fingerprint density at radius 2 is 2.14 bits per heavy atom. The van der Waals surface area contributed by atoms with Crippen molar-refractivity contribution >= 4 is 0 Å². The quantitative estimate of drug-likeness (QED) is 0.908. The lowest BCUT2D eigenvalue weighted by Gasteiger charge is -2.45. The standard InChI is InChI=1S/C18H30N4/c19-18-10-1-2-13-22(18)21-12-5-9-17(15-21)7-3-6-16-8-4-11-20-14-16/h4,8,11,14,17-18H,1-3,5-7,9-10,12-13,15,19H2. The van der Waals surface area contributed by atoms with Gasteiger partial charge in [-0.25, -0.2) is 10.0 Å². The lowest BCUT2D eigenvalue weighted by molar-refractivity contribution is -0.0992. The van der Waals surface area contributed by atoms with Gasteiger partial charge in [-0.15, -0.1) is 0 Å². The smallest absolute Gasteiger partial charge is 0.0710 e. The van der Waals surface area contributed by atoms with Gasteiger partial charge in [0.05, 0.1) is 6.17 Å². The van der Waals surface area contributed by atoms with E-state index in [9.17, 15) is 0 Å². The third-order valence-corrected chi connectivity index (χ3v) is 5.18. The minimum atomic E-state index is 0.253. The second kappa shape index (κ2) is 8.04. The van der Waals surface area contributed by atoms with Gasteiger partial charge in [0.2, 0.25) is 0 Å². The number of hydrogen-bond acceptors (Lipinski definition) is 4. The number of nitrogens with two attached hydrogens (primary N) is 1. The Bertz CT molecular complexity index is 436. The molecule has 0 amide bonds. The summed E-state index contributed by atoms with van der Waals surface area (Å²) < 4.78 is 0. The van der Waals surface area contributed by atoms with Crippen LogP contribution in [-0.4, -0.2) is 40.8 Å². The lowest BCUT2D eigenvalue weighted by Crippen LogP contribution is -2.57. The molecule has 122 valence electrons. The number of piperidine rings is 2. The zero-order valence-electron chi connectivity index (χ0n) is 13.7. The van der Waals surface area contributed by atoms with Gasteiger partial charge in [0.1, 0.15) is 0 Å². The van der Waals surface area contributed by atoms with Gasteiger partial charge in [-0.2, -0.15) is 0 Å². The van der Waals surface area contributed by atoms with Crippen LogP contribution in [0.2, 0.25) is 0 Å². The molecule has 0 aliphatic carbocycles. The Kier molecular flexibility index (Phi) is 5.82. The molecule has 2 saturated heterocycles. The summed E-state index contributed by atoms with van der Waals surface area (Å²) in [6.45, 7) is 3.57. The maximum absolute atomic E-state index is 6.31. The Hall–Kier alpha value is -0.970. The lowest BCUT2D eigenvalue weighted by atomic mass is 9.92. The van der Waals surface area contributed by atoms with Gasteiger partial charge in [0, 0.05) is 32.0 Å². The molecule has 2 aliphatic heterocycles. The number of aryl methyl sites for hydroxylation is 1. The van der Waals surface area contributed by atoms with Gasteiger partial charge in [0.25, 0.3) is 0 Å². The zero-order valence-corrected chi connectivity index (χ0v) is 13.7. The van der Waals surface area contributed by atoms with Crippen LogP contribution < -0.4 is 5.73 Å². The molecule has 0 bridgehead atoms. The van der Waals surface area contributed by atoms with Gasteiger partial charge in [-0.05, 0) is 68.9 Å². The first kappa shape index (κ1) is 15.9. The molecule has 4 nitrogen and oxygen atoms in total. The Balaban J connectivity index is 1.44. The highest BCUT2D eigenvalue weighted by atomic mass is 15.7. The van der Waals surface area contributed by atoms with Crippen LogP contribution >= 0.6 is 0 Å². The molecule has 4 heteroatoms. The van der Waals surface area contributed by atoms with Crippen LogP contribution in [0.5, 0.6) is 0 Å². The minimum absolute atomic E-state index is 0.253. The van der Waals surface area contributed by atoms with E-state index in [2.05, 4.69) is 21.1 Å². The van der Waals surface area contributed by atoms with Crippen LogP contribution in [0.3, 0.4) is 0 Å². The van der Waals surface area contributed by atoms with Crippen molar-refractivity contribution in [2.45, 2.75) is 57.5 Å². The Labute approximate surface area is 134 Å². The number of hydrazine groups is 1. The van der Waals surface area contributed by atoms with E-state index in [1.165, 1.54) is 57.2 Å². The molecule has 1 aromatic heterocycles. The first-order chi connectivity index (χ1) is 10.8. The summed E-state index contributed by atoms with van der Waals surface area (Å²) in [7, 11) is 0.